The van der Waals surface area contributed by atoms with Gasteiger partial charge in [0.1, 0.15) is 6.04 Å². The minimum Gasteiger partial charge on any atom is -0.480 e. The number of thioether (sulfide) groups is 1. The van der Waals surface area contributed by atoms with Gasteiger partial charge in [0.2, 0.25) is 5.91 Å². The number of carboxylic acids is 1. The summed E-state index contributed by atoms with van der Waals surface area (Å²) >= 11 is 1.42. The number of nitrogens with one attached hydrogen (secondary N) is 1. The molecule has 3 rings (SSSR count). The summed E-state index contributed by atoms with van der Waals surface area (Å²) in [5.74, 6) is -0.828. The van der Waals surface area contributed by atoms with Crippen molar-refractivity contribution in [2.24, 2.45) is 5.92 Å². The Hall–Kier alpha value is -2.01. The topological polar surface area (TPSA) is 66.4 Å². The highest BCUT2D eigenvalue weighted by Gasteiger charge is 2.37. The molecule has 1 atom stereocenters. The van der Waals surface area contributed by atoms with Crippen LogP contribution in [0.1, 0.15) is 12.8 Å². The van der Waals surface area contributed by atoms with E-state index in [0.29, 0.717) is 0 Å². The molecule has 114 valence electrons. The maximum atomic E-state index is 11.9. The monoisotopic (exact) mass is 315 g/mol. The van der Waals surface area contributed by atoms with Crippen LogP contribution in [0.2, 0.25) is 0 Å². The summed E-state index contributed by atoms with van der Waals surface area (Å²) in [7, 11) is 0. The molecule has 1 fully saturated rings. The number of rotatable bonds is 6. The van der Waals surface area contributed by atoms with Crippen molar-refractivity contribution in [2.45, 2.75) is 23.8 Å². The molecule has 0 spiro atoms. The van der Waals surface area contributed by atoms with Crippen molar-refractivity contribution < 1.29 is 14.7 Å². The first-order valence-corrected chi connectivity index (χ1v) is 8.26. The van der Waals surface area contributed by atoms with Crippen LogP contribution in [0.25, 0.3) is 10.8 Å². The Balaban J connectivity index is 1.58. The van der Waals surface area contributed by atoms with E-state index in [1.54, 1.807) is 0 Å². The van der Waals surface area contributed by atoms with Gasteiger partial charge in [0.15, 0.2) is 0 Å². The number of carboxylic acid groups (broad SMARTS) is 1. The smallest absolute Gasteiger partial charge is 0.326 e. The Morgan fingerprint density at radius 2 is 1.91 bits per heavy atom. The molecular weight excluding hydrogens is 298 g/mol. The summed E-state index contributed by atoms with van der Waals surface area (Å²) in [4.78, 5) is 24.1. The third-order valence-electron chi connectivity index (χ3n) is 3.77. The molecule has 2 aromatic rings. The average molecular weight is 315 g/mol. The van der Waals surface area contributed by atoms with E-state index in [1.807, 2.05) is 42.5 Å². The number of amides is 1. The molecular formula is C17H17NO3S. The van der Waals surface area contributed by atoms with Crippen molar-refractivity contribution in [3.8, 4) is 0 Å². The number of benzene rings is 2. The number of carbonyl (C=O) groups is 2. The molecule has 0 aliphatic heterocycles. The summed E-state index contributed by atoms with van der Waals surface area (Å²) in [6.07, 6.45) is 1.77. The van der Waals surface area contributed by atoms with Gasteiger partial charge in [0.25, 0.3) is 0 Å². The zero-order chi connectivity index (χ0) is 15.5. The molecule has 4 nitrogen and oxygen atoms in total. The standard InChI is InChI=1S/C17H17NO3S/c19-15(18-16(17(20)21)12-5-6-12)10-22-14-8-7-11-3-1-2-4-13(11)9-14/h1-4,7-9,12,16H,5-6,10H2,(H,18,19)(H,20,21). The summed E-state index contributed by atoms with van der Waals surface area (Å²) in [6.45, 7) is 0. The van der Waals surface area contributed by atoms with Crippen LogP contribution >= 0.6 is 11.8 Å². The number of aliphatic carboxylic acids is 1. The van der Waals surface area contributed by atoms with Crippen molar-refractivity contribution in [1.82, 2.24) is 5.32 Å². The zero-order valence-corrected chi connectivity index (χ0v) is 12.8. The maximum absolute atomic E-state index is 11.9. The molecule has 22 heavy (non-hydrogen) atoms. The van der Waals surface area contributed by atoms with E-state index in [-0.39, 0.29) is 17.6 Å². The fourth-order valence-corrected chi connectivity index (χ4v) is 3.19. The lowest BCUT2D eigenvalue weighted by Crippen LogP contribution is -2.43. The second-order valence-corrected chi connectivity index (χ2v) is 6.57. The molecule has 0 radical (unpaired) electrons. The van der Waals surface area contributed by atoms with E-state index in [0.717, 1.165) is 28.5 Å². The normalized spacial score (nSPS) is 15.5. The van der Waals surface area contributed by atoms with E-state index in [4.69, 9.17) is 5.11 Å². The van der Waals surface area contributed by atoms with Gasteiger partial charge in [-0.1, -0.05) is 30.3 Å². The van der Waals surface area contributed by atoms with Crippen molar-refractivity contribution in [3.05, 3.63) is 42.5 Å². The van der Waals surface area contributed by atoms with Crippen LogP contribution in [0, 0.1) is 5.92 Å². The van der Waals surface area contributed by atoms with E-state index < -0.39 is 12.0 Å². The highest BCUT2D eigenvalue weighted by molar-refractivity contribution is 8.00. The Bertz CT molecular complexity index is 712. The van der Waals surface area contributed by atoms with E-state index >= 15 is 0 Å². The van der Waals surface area contributed by atoms with Crippen LogP contribution in [0.4, 0.5) is 0 Å². The lowest BCUT2D eigenvalue weighted by atomic mass is 10.1. The Morgan fingerprint density at radius 3 is 2.59 bits per heavy atom. The molecule has 1 amide bonds. The van der Waals surface area contributed by atoms with Crippen molar-refractivity contribution in [2.75, 3.05) is 5.75 Å². The van der Waals surface area contributed by atoms with Gasteiger partial charge >= 0.3 is 5.97 Å². The zero-order valence-electron chi connectivity index (χ0n) is 12.0. The summed E-state index contributed by atoms with van der Waals surface area (Å²) in [6, 6.07) is 13.4. The average Bonchev–Trinajstić information content (AvgIpc) is 3.34. The van der Waals surface area contributed by atoms with Crippen LogP contribution in [0.5, 0.6) is 0 Å². The highest BCUT2D eigenvalue weighted by Crippen LogP contribution is 2.33. The van der Waals surface area contributed by atoms with Gasteiger partial charge < -0.3 is 10.4 Å². The molecule has 1 aliphatic rings. The number of hydrogen-bond acceptors (Lipinski definition) is 3. The van der Waals surface area contributed by atoms with Gasteiger partial charge in [-0.15, -0.1) is 11.8 Å². The van der Waals surface area contributed by atoms with Gasteiger partial charge in [-0.2, -0.15) is 0 Å². The Labute approximate surface area is 132 Å². The molecule has 1 aliphatic carbocycles. The van der Waals surface area contributed by atoms with Gasteiger partial charge in [-0.25, -0.2) is 4.79 Å². The predicted octanol–water partition coefficient (Wildman–Crippen LogP) is 2.91. The minimum absolute atomic E-state index is 0.104. The molecule has 0 bridgehead atoms. The number of fused-ring (bicyclic) bond motifs is 1. The predicted molar refractivity (Wildman–Crippen MR) is 87.0 cm³/mol. The second kappa shape index (κ2) is 6.40. The third kappa shape index (κ3) is 3.60. The lowest BCUT2D eigenvalue weighted by Gasteiger charge is -2.13. The van der Waals surface area contributed by atoms with E-state index in [9.17, 15) is 9.59 Å². The quantitative estimate of drug-likeness (QED) is 0.804. The highest BCUT2D eigenvalue weighted by atomic mass is 32.2. The summed E-state index contributed by atoms with van der Waals surface area (Å²) < 4.78 is 0. The molecule has 2 aromatic carbocycles. The first-order valence-electron chi connectivity index (χ1n) is 7.27. The largest absolute Gasteiger partial charge is 0.480 e. The molecule has 0 heterocycles. The van der Waals surface area contributed by atoms with Crippen LogP contribution in [0.15, 0.2) is 47.4 Å². The van der Waals surface area contributed by atoms with Gasteiger partial charge in [0, 0.05) is 4.90 Å². The Morgan fingerprint density at radius 1 is 1.18 bits per heavy atom. The lowest BCUT2D eigenvalue weighted by molar-refractivity contribution is -0.142. The van der Waals surface area contributed by atoms with Gasteiger partial charge in [0.05, 0.1) is 5.75 Å². The van der Waals surface area contributed by atoms with Gasteiger partial charge in [-0.05, 0) is 41.7 Å². The number of carbonyl (C=O) groups excluding carboxylic acids is 1. The Kier molecular flexibility index (Phi) is 4.34. The van der Waals surface area contributed by atoms with Crippen molar-refractivity contribution in [1.29, 1.82) is 0 Å². The van der Waals surface area contributed by atoms with Crippen molar-refractivity contribution in [3.63, 3.8) is 0 Å². The summed E-state index contributed by atoms with van der Waals surface area (Å²) in [5.41, 5.74) is 0. The molecule has 1 unspecified atom stereocenters. The van der Waals surface area contributed by atoms with Gasteiger partial charge in [-0.3, -0.25) is 4.79 Å². The molecule has 0 saturated heterocycles. The summed E-state index contributed by atoms with van der Waals surface area (Å²) in [5, 5.41) is 14.0. The second-order valence-electron chi connectivity index (χ2n) is 5.52. The molecule has 0 aromatic heterocycles. The fourth-order valence-electron chi connectivity index (χ4n) is 2.43. The first kappa shape index (κ1) is 14.9. The first-order chi connectivity index (χ1) is 10.6. The SMILES string of the molecule is O=C(CSc1ccc2ccccc2c1)NC(C(=O)O)C1CC1. The molecule has 5 heteroatoms. The maximum Gasteiger partial charge on any atom is 0.326 e. The van der Waals surface area contributed by atoms with Crippen LogP contribution < -0.4 is 5.32 Å². The van der Waals surface area contributed by atoms with Crippen LogP contribution in [-0.2, 0) is 9.59 Å². The van der Waals surface area contributed by atoms with Crippen LogP contribution in [0.3, 0.4) is 0 Å². The third-order valence-corrected chi connectivity index (χ3v) is 4.76. The van der Waals surface area contributed by atoms with Crippen LogP contribution in [-0.4, -0.2) is 28.8 Å². The number of hydrogen-bond donors (Lipinski definition) is 2. The van der Waals surface area contributed by atoms with E-state index in [2.05, 4.69) is 5.32 Å². The fraction of sp³-hybridized carbons (Fsp3) is 0.294. The molecule has 2 N–H and O–H groups in total. The molecule has 1 saturated carbocycles. The minimum atomic E-state index is -0.938. The van der Waals surface area contributed by atoms with Crippen molar-refractivity contribution >= 4 is 34.4 Å². The van der Waals surface area contributed by atoms with E-state index in [1.165, 1.54) is 11.8 Å².